The van der Waals surface area contributed by atoms with E-state index in [9.17, 15) is 0 Å². The number of furan rings is 1. The molecule has 1 aromatic heterocycles. The molecule has 0 radical (unpaired) electrons. The Hall–Kier alpha value is -5.92. The average Bonchev–Trinajstić information content (AvgIpc) is 3.51. The number of fused-ring (bicyclic) bond motifs is 5. The van der Waals surface area contributed by atoms with Crippen molar-refractivity contribution < 1.29 is 4.42 Å². The molecule has 45 heavy (non-hydrogen) atoms. The zero-order valence-electron chi connectivity index (χ0n) is 24.6. The lowest BCUT2D eigenvalue weighted by atomic mass is 9.84. The molecule has 0 aliphatic carbocycles. The third-order valence-corrected chi connectivity index (χ3v) is 9.07. The summed E-state index contributed by atoms with van der Waals surface area (Å²) in [6.07, 6.45) is 0. The Morgan fingerprint density at radius 3 is 1.47 bits per heavy atom. The van der Waals surface area contributed by atoms with E-state index in [2.05, 4.69) is 170 Å². The molecule has 0 aliphatic heterocycles. The van der Waals surface area contributed by atoms with Gasteiger partial charge in [-0.1, -0.05) is 152 Å². The normalized spacial score (nSPS) is 11.6. The third kappa shape index (κ3) is 4.09. The second kappa shape index (κ2) is 10.4. The first-order valence-electron chi connectivity index (χ1n) is 15.4. The molecule has 0 N–H and O–H groups in total. The maximum Gasteiger partial charge on any atom is 0.143 e. The highest BCUT2D eigenvalue weighted by Crippen LogP contribution is 2.48. The predicted molar refractivity (Wildman–Crippen MR) is 190 cm³/mol. The van der Waals surface area contributed by atoms with Gasteiger partial charge >= 0.3 is 0 Å². The third-order valence-electron chi connectivity index (χ3n) is 9.07. The Balaban J connectivity index is 1.39. The molecule has 0 amide bonds. The Morgan fingerprint density at radius 2 is 0.800 bits per heavy atom. The zero-order chi connectivity index (χ0) is 29.7. The first-order valence-corrected chi connectivity index (χ1v) is 15.4. The maximum absolute atomic E-state index is 6.67. The van der Waals surface area contributed by atoms with Gasteiger partial charge in [0.2, 0.25) is 0 Å². The van der Waals surface area contributed by atoms with Crippen LogP contribution >= 0.6 is 0 Å². The SMILES string of the molecule is c1ccc(-c2cccc(-c3c4ccccc4c(-c4ccc(-c5ccccc5)c5oc6ccccc6c45)c4ccccc34)c2)cc1. The number of benzene rings is 8. The molecule has 1 heteroatoms. The Morgan fingerprint density at radius 1 is 0.311 bits per heavy atom. The summed E-state index contributed by atoms with van der Waals surface area (Å²) in [5.74, 6) is 0. The summed E-state index contributed by atoms with van der Waals surface area (Å²) in [7, 11) is 0. The highest BCUT2D eigenvalue weighted by Gasteiger charge is 2.22. The number of hydrogen-bond acceptors (Lipinski definition) is 1. The van der Waals surface area contributed by atoms with Crippen LogP contribution in [0.5, 0.6) is 0 Å². The molecule has 0 saturated carbocycles. The van der Waals surface area contributed by atoms with Crippen LogP contribution in [0.4, 0.5) is 0 Å². The fourth-order valence-corrected chi connectivity index (χ4v) is 7.10. The summed E-state index contributed by atoms with van der Waals surface area (Å²) in [6, 6.07) is 60.8. The second-order valence-corrected chi connectivity index (χ2v) is 11.6. The summed E-state index contributed by atoms with van der Waals surface area (Å²) in [6.45, 7) is 0. The van der Waals surface area contributed by atoms with E-state index in [0.29, 0.717) is 0 Å². The fourth-order valence-electron chi connectivity index (χ4n) is 7.10. The van der Waals surface area contributed by atoms with Crippen molar-refractivity contribution in [1.29, 1.82) is 0 Å². The summed E-state index contributed by atoms with van der Waals surface area (Å²) in [5, 5.41) is 7.23. The predicted octanol–water partition coefficient (Wildman–Crippen LogP) is 12.6. The molecule has 9 rings (SSSR count). The summed E-state index contributed by atoms with van der Waals surface area (Å²) >= 11 is 0. The smallest absolute Gasteiger partial charge is 0.143 e. The molecule has 0 saturated heterocycles. The summed E-state index contributed by atoms with van der Waals surface area (Å²) in [4.78, 5) is 0. The van der Waals surface area contributed by atoms with E-state index < -0.39 is 0 Å². The van der Waals surface area contributed by atoms with E-state index in [1.165, 1.54) is 54.9 Å². The van der Waals surface area contributed by atoms with Crippen molar-refractivity contribution in [2.24, 2.45) is 0 Å². The Kier molecular flexibility index (Phi) is 5.89. The van der Waals surface area contributed by atoms with Gasteiger partial charge in [-0.2, -0.15) is 0 Å². The van der Waals surface area contributed by atoms with Crippen LogP contribution in [0.25, 0.3) is 88.0 Å². The van der Waals surface area contributed by atoms with Crippen molar-refractivity contribution in [3.8, 4) is 44.5 Å². The van der Waals surface area contributed by atoms with Gasteiger partial charge in [0.1, 0.15) is 11.2 Å². The second-order valence-electron chi connectivity index (χ2n) is 11.6. The van der Waals surface area contributed by atoms with Gasteiger partial charge in [0.25, 0.3) is 0 Å². The standard InChI is InChI=1S/C44H28O/c1-3-14-29(15-4-1)31-18-13-19-32(28-31)41-34-20-7-9-22-36(34)42(37-23-10-8-21-35(37)41)39-27-26-33(30-16-5-2-6-17-30)44-43(39)38-24-11-12-25-40(38)45-44/h1-28H. The van der Waals surface area contributed by atoms with Gasteiger partial charge in [-0.15, -0.1) is 0 Å². The quantitative estimate of drug-likeness (QED) is 0.191. The molecule has 9 aromatic rings. The van der Waals surface area contributed by atoms with E-state index in [1.54, 1.807) is 0 Å². The van der Waals surface area contributed by atoms with Crippen LogP contribution in [0.3, 0.4) is 0 Å². The molecule has 0 unspecified atom stereocenters. The van der Waals surface area contributed by atoms with Crippen LogP contribution in [-0.4, -0.2) is 0 Å². The van der Waals surface area contributed by atoms with Gasteiger partial charge in [-0.05, 0) is 78.7 Å². The molecule has 1 nitrogen and oxygen atoms in total. The molecule has 0 spiro atoms. The minimum Gasteiger partial charge on any atom is -0.455 e. The van der Waals surface area contributed by atoms with Crippen molar-refractivity contribution >= 4 is 43.5 Å². The van der Waals surface area contributed by atoms with Crippen molar-refractivity contribution in [2.75, 3.05) is 0 Å². The lowest BCUT2D eigenvalue weighted by Gasteiger charge is -2.19. The zero-order valence-corrected chi connectivity index (χ0v) is 24.6. The van der Waals surface area contributed by atoms with E-state index >= 15 is 0 Å². The number of rotatable bonds is 4. The molecule has 0 atom stereocenters. The molecular weight excluding hydrogens is 544 g/mol. The molecule has 0 bridgehead atoms. The average molecular weight is 573 g/mol. The van der Waals surface area contributed by atoms with Gasteiger partial charge < -0.3 is 4.42 Å². The summed E-state index contributed by atoms with van der Waals surface area (Å²) < 4.78 is 6.67. The Labute approximate surface area is 261 Å². The van der Waals surface area contributed by atoms with Crippen LogP contribution in [0.1, 0.15) is 0 Å². The first-order chi connectivity index (χ1) is 22.3. The van der Waals surface area contributed by atoms with Gasteiger partial charge in [-0.3, -0.25) is 0 Å². The number of hydrogen-bond donors (Lipinski definition) is 0. The Bertz CT molecular complexity index is 2460. The van der Waals surface area contributed by atoms with Gasteiger partial charge in [0.15, 0.2) is 0 Å². The molecule has 210 valence electrons. The molecule has 0 aliphatic rings. The van der Waals surface area contributed by atoms with Crippen molar-refractivity contribution in [3.05, 3.63) is 170 Å². The van der Waals surface area contributed by atoms with Crippen molar-refractivity contribution in [1.82, 2.24) is 0 Å². The minimum absolute atomic E-state index is 0.903. The van der Waals surface area contributed by atoms with Crippen molar-refractivity contribution in [2.45, 2.75) is 0 Å². The highest BCUT2D eigenvalue weighted by atomic mass is 16.3. The van der Waals surface area contributed by atoms with Crippen molar-refractivity contribution in [3.63, 3.8) is 0 Å². The maximum atomic E-state index is 6.67. The van der Waals surface area contributed by atoms with E-state index in [1.807, 2.05) is 0 Å². The van der Waals surface area contributed by atoms with Gasteiger partial charge in [0.05, 0.1) is 0 Å². The monoisotopic (exact) mass is 572 g/mol. The molecular formula is C44H28O. The lowest BCUT2D eigenvalue weighted by Crippen LogP contribution is -1.92. The van der Waals surface area contributed by atoms with E-state index in [0.717, 1.165) is 33.1 Å². The van der Waals surface area contributed by atoms with Crippen LogP contribution in [-0.2, 0) is 0 Å². The topological polar surface area (TPSA) is 13.1 Å². The van der Waals surface area contributed by atoms with Crippen LogP contribution in [0.2, 0.25) is 0 Å². The van der Waals surface area contributed by atoms with Gasteiger partial charge in [0, 0.05) is 16.3 Å². The fraction of sp³-hybridized carbons (Fsp3) is 0. The van der Waals surface area contributed by atoms with Crippen LogP contribution < -0.4 is 0 Å². The van der Waals surface area contributed by atoms with Crippen LogP contribution in [0.15, 0.2) is 174 Å². The van der Waals surface area contributed by atoms with E-state index in [-0.39, 0.29) is 0 Å². The van der Waals surface area contributed by atoms with E-state index in [4.69, 9.17) is 4.42 Å². The summed E-state index contributed by atoms with van der Waals surface area (Å²) in [5.41, 5.74) is 11.4. The molecule has 8 aromatic carbocycles. The van der Waals surface area contributed by atoms with Crippen LogP contribution in [0, 0.1) is 0 Å². The van der Waals surface area contributed by atoms with Gasteiger partial charge in [-0.25, -0.2) is 0 Å². The largest absolute Gasteiger partial charge is 0.455 e. The lowest BCUT2D eigenvalue weighted by molar-refractivity contribution is 0.670. The first kappa shape index (κ1) is 25.6. The number of para-hydroxylation sites is 1. The highest BCUT2D eigenvalue weighted by molar-refractivity contribution is 6.26. The molecule has 0 fully saturated rings. The molecule has 1 heterocycles. The minimum atomic E-state index is 0.903.